The van der Waals surface area contributed by atoms with Crippen molar-refractivity contribution >= 4 is 11.9 Å². The number of rotatable bonds is 5. The molecular weight excluding hydrogens is 390 g/mol. The summed E-state index contributed by atoms with van der Waals surface area (Å²) in [6, 6.07) is 8.49. The normalized spacial score (nSPS) is 31.0. The molecule has 162 valence electrons. The van der Waals surface area contributed by atoms with Crippen molar-refractivity contribution in [2.45, 2.75) is 64.2 Å². The smallest absolute Gasteiger partial charge is 0.303 e. The molecule has 1 heterocycles. The van der Waals surface area contributed by atoms with Crippen molar-refractivity contribution in [2.75, 3.05) is 0 Å². The molecule has 2 atom stereocenters. The first kappa shape index (κ1) is 20.2. The van der Waals surface area contributed by atoms with Crippen molar-refractivity contribution in [1.82, 2.24) is 9.97 Å². The van der Waals surface area contributed by atoms with E-state index in [0.717, 1.165) is 30.5 Å². The van der Waals surface area contributed by atoms with E-state index in [1.54, 1.807) is 6.92 Å². The summed E-state index contributed by atoms with van der Waals surface area (Å²) < 4.78 is 0. The molecular formula is C25H29N3O3. The number of primary amides is 1. The number of aliphatic carboxylic acids is 1. The molecule has 4 bridgehead atoms. The zero-order valence-corrected chi connectivity index (χ0v) is 18.1. The van der Waals surface area contributed by atoms with Gasteiger partial charge in [0.25, 0.3) is 5.91 Å². The molecule has 6 heteroatoms. The van der Waals surface area contributed by atoms with E-state index in [9.17, 15) is 14.7 Å². The topological polar surface area (TPSA) is 106 Å². The number of carboxylic acid groups (broad SMARTS) is 1. The van der Waals surface area contributed by atoms with Gasteiger partial charge in [-0.3, -0.25) is 14.6 Å². The average Bonchev–Trinajstić information content (AvgIpc) is 2.66. The van der Waals surface area contributed by atoms with E-state index >= 15 is 0 Å². The van der Waals surface area contributed by atoms with Gasteiger partial charge in [-0.25, -0.2) is 4.98 Å². The monoisotopic (exact) mass is 419 g/mol. The van der Waals surface area contributed by atoms with Gasteiger partial charge in [0.05, 0.1) is 23.5 Å². The quantitative estimate of drug-likeness (QED) is 0.756. The highest BCUT2D eigenvalue weighted by Crippen LogP contribution is 2.66. The predicted molar refractivity (Wildman–Crippen MR) is 117 cm³/mol. The summed E-state index contributed by atoms with van der Waals surface area (Å²) in [5, 5.41) is 9.55. The number of hydrogen-bond acceptors (Lipinski definition) is 4. The van der Waals surface area contributed by atoms with Crippen molar-refractivity contribution in [3.8, 4) is 11.3 Å². The van der Waals surface area contributed by atoms with Crippen LogP contribution in [0.2, 0.25) is 0 Å². The van der Waals surface area contributed by atoms with Gasteiger partial charge >= 0.3 is 5.97 Å². The van der Waals surface area contributed by atoms with E-state index in [1.165, 1.54) is 24.8 Å². The zero-order chi connectivity index (χ0) is 22.0. The van der Waals surface area contributed by atoms with Crippen molar-refractivity contribution < 1.29 is 14.7 Å². The summed E-state index contributed by atoms with van der Waals surface area (Å²) in [7, 11) is 0. The van der Waals surface area contributed by atoms with E-state index < -0.39 is 11.9 Å². The lowest BCUT2D eigenvalue weighted by molar-refractivity contribution is -0.146. The van der Waals surface area contributed by atoms with Gasteiger partial charge in [-0.15, -0.1) is 0 Å². The lowest BCUT2D eigenvalue weighted by Crippen LogP contribution is -2.54. The first-order valence-electron chi connectivity index (χ1n) is 11.2. The zero-order valence-electron chi connectivity index (χ0n) is 18.1. The summed E-state index contributed by atoms with van der Waals surface area (Å²) >= 11 is 0. The van der Waals surface area contributed by atoms with Gasteiger partial charge < -0.3 is 10.8 Å². The maximum Gasteiger partial charge on any atom is 0.303 e. The summed E-state index contributed by atoms with van der Waals surface area (Å²) in [4.78, 5) is 32.3. The number of amides is 1. The minimum Gasteiger partial charge on any atom is -0.481 e. The highest BCUT2D eigenvalue weighted by molar-refractivity contribution is 5.92. The van der Waals surface area contributed by atoms with Crippen molar-refractivity contribution in [3.05, 3.63) is 46.9 Å². The van der Waals surface area contributed by atoms with Crippen LogP contribution in [0.5, 0.6) is 0 Å². The molecule has 0 aliphatic heterocycles. The molecule has 1 aromatic heterocycles. The number of hydrogen-bond donors (Lipinski definition) is 2. The van der Waals surface area contributed by atoms with Crippen LogP contribution >= 0.6 is 0 Å². The second-order valence-electron chi connectivity index (χ2n) is 10.3. The second-order valence-corrected chi connectivity index (χ2v) is 10.3. The fraction of sp³-hybridized carbons (Fsp3) is 0.520. The third kappa shape index (κ3) is 3.33. The van der Waals surface area contributed by atoms with Gasteiger partial charge in [0.15, 0.2) is 0 Å². The Morgan fingerprint density at radius 2 is 1.68 bits per heavy atom. The second kappa shape index (κ2) is 6.87. The molecule has 6 nitrogen and oxygen atoms in total. The number of aryl methyl sites for hydroxylation is 2. The Kier molecular flexibility index (Phi) is 4.47. The van der Waals surface area contributed by atoms with Crippen LogP contribution in [0.25, 0.3) is 11.3 Å². The van der Waals surface area contributed by atoms with Crippen LogP contribution in [0.4, 0.5) is 0 Å². The van der Waals surface area contributed by atoms with Crippen LogP contribution in [0.3, 0.4) is 0 Å². The lowest BCUT2D eigenvalue weighted by Gasteiger charge is -2.62. The minimum absolute atomic E-state index is 0.0377. The molecule has 4 aliphatic carbocycles. The van der Waals surface area contributed by atoms with Crippen LogP contribution in [-0.4, -0.2) is 27.0 Å². The Balaban J connectivity index is 1.49. The van der Waals surface area contributed by atoms with E-state index in [2.05, 4.69) is 34.2 Å². The van der Waals surface area contributed by atoms with E-state index in [-0.39, 0.29) is 16.5 Å². The maximum atomic E-state index is 11.7. The van der Waals surface area contributed by atoms with Crippen LogP contribution in [0, 0.1) is 31.1 Å². The van der Waals surface area contributed by atoms with Crippen LogP contribution < -0.4 is 5.73 Å². The largest absolute Gasteiger partial charge is 0.481 e. The molecule has 6 rings (SSSR count). The van der Waals surface area contributed by atoms with E-state index in [0.29, 0.717) is 29.6 Å². The summed E-state index contributed by atoms with van der Waals surface area (Å²) in [6.07, 6.45) is 7.02. The number of carbonyl (C=O) groups excluding carboxylic acids is 1. The molecule has 4 aliphatic rings. The van der Waals surface area contributed by atoms with Crippen LogP contribution in [-0.2, 0) is 10.2 Å². The number of aromatic nitrogens is 2. The molecule has 4 saturated carbocycles. The van der Waals surface area contributed by atoms with Gasteiger partial charge in [-0.2, -0.15) is 0 Å². The van der Waals surface area contributed by atoms with Gasteiger partial charge in [-0.05, 0) is 80.6 Å². The standard InChI is InChI=1S/C25H29N3O3/c1-14-21(28-22(23(26)31)15(2)27-14)18-3-5-19(6-4-18)25-10-16-7-17(11-25)9-24(8-16,13-25)12-20(29)30/h3-6,16-17H,7-13H2,1-2H3,(H2,26,31)(H,29,30). The fourth-order valence-corrected chi connectivity index (χ4v) is 7.44. The highest BCUT2D eigenvalue weighted by Gasteiger charge is 2.58. The highest BCUT2D eigenvalue weighted by atomic mass is 16.4. The summed E-state index contributed by atoms with van der Waals surface area (Å²) in [5.41, 5.74) is 9.95. The third-order valence-corrected chi connectivity index (χ3v) is 7.96. The first-order chi connectivity index (χ1) is 14.7. The SMILES string of the molecule is Cc1nc(C)c(-c2ccc(C34CC5CC(CC(CC(=O)O)(C5)C3)C4)cc2)nc1C(N)=O. The lowest BCUT2D eigenvalue weighted by atomic mass is 9.42. The Morgan fingerprint density at radius 1 is 1.03 bits per heavy atom. The third-order valence-electron chi connectivity index (χ3n) is 7.96. The van der Waals surface area contributed by atoms with Gasteiger partial charge in [0, 0.05) is 5.56 Å². The molecule has 3 N–H and O–H groups in total. The molecule has 0 spiro atoms. The molecule has 0 saturated heterocycles. The van der Waals surface area contributed by atoms with E-state index in [4.69, 9.17) is 5.73 Å². The predicted octanol–water partition coefficient (Wildman–Crippen LogP) is 4.17. The maximum absolute atomic E-state index is 11.7. The number of nitrogens with zero attached hydrogens (tertiary/aromatic N) is 2. The minimum atomic E-state index is -0.661. The Hall–Kier alpha value is -2.76. The fourth-order valence-electron chi connectivity index (χ4n) is 7.44. The Labute approximate surface area is 182 Å². The Bertz CT molecular complexity index is 1060. The van der Waals surface area contributed by atoms with Crippen molar-refractivity contribution in [2.24, 2.45) is 23.0 Å². The molecule has 2 aromatic rings. The van der Waals surface area contributed by atoms with Gasteiger partial charge in [-0.1, -0.05) is 24.3 Å². The van der Waals surface area contributed by atoms with E-state index in [1.807, 2.05) is 6.92 Å². The molecule has 31 heavy (non-hydrogen) atoms. The first-order valence-corrected chi connectivity index (χ1v) is 11.2. The molecule has 2 unspecified atom stereocenters. The van der Waals surface area contributed by atoms with Crippen LogP contribution in [0.1, 0.15) is 72.4 Å². The Morgan fingerprint density at radius 3 is 2.26 bits per heavy atom. The number of nitrogens with two attached hydrogens (primary N) is 1. The van der Waals surface area contributed by atoms with Crippen molar-refractivity contribution in [3.63, 3.8) is 0 Å². The van der Waals surface area contributed by atoms with Crippen molar-refractivity contribution in [1.29, 1.82) is 0 Å². The van der Waals surface area contributed by atoms with Crippen LogP contribution in [0.15, 0.2) is 24.3 Å². The molecule has 0 radical (unpaired) electrons. The van der Waals surface area contributed by atoms with Gasteiger partial charge in [0.2, 0.25) is 0 Å². The summed E-state index contributed by atoms with van der Waals surface area (Å²) in [6.45, 7) is 3.63. The number of carbonyl (C=O) groups is 2. The van der Waals surface area contributed by atoms with Gasteiger partial charge in [0.1, 0.15) is 5.69 Å². The molecule has 4 fully saturated rings. The molecule has 1 amide bonds. The number of benzene rings is 1. The summed E-state index contributed by atoms with van der Waals surface area (Å²) in [5.74, 6) is 0.0542. The average molecular weight is 420 g/mol. The number of carboxylic acids is 1. The molecule has 1 aromatic carbocycles.